The summed E-state index contributed by atoms with van der Waals surface area (Å²) in [4.78, 5) is 38.2. The van der Waals surface area contributed by atoms with Crippen LogP contribution in [0.2, 0.25) is 0 Å². The zero-order chi connectivity index (χ0) is 28.6. The fourth-order valence-corrected chi connectivity index (χ4v) is 6.19. The van der Waals surface area contributed by atoms with Gasteiger partial charge < -0.3 is 5.11 Å². The highest BCUT2D eigenvalue weighted by Gasteiger charge is 2.44. The molecule has 0 bridgehead atoms. The number of allylic oxidation sites excluding steroid dienone is 2. The van der Waals surface area contributed by atoms with E-state index in [4.69, 9.17) is 4.55 Å². The van der Waals surface area contributed by atoms with Gasteiger partial charge in [0.05, 0.1) is 25.5 Å². The Morgan fingerprint density at radius 1 is 1.16 bits per heavy atom. The summed E-state index contributed by atoms with van der Waals surface area (Å²) in [6.07, 6.45) is 8.40. The molecule has 10 heteroatoms. The molecular formula is C27H47NO8S. The number of imide groups is 1. The maximum atomic E-state index is 13.2. The van der Waals surface area contributed by atoms with E-state index in [1.165, 1.54) is 0 Å². The van der Waals surface area contributed by atoms with Gasteiger partial charge in [0, 0.05) is 6.42 Å². The van der Waals surface area contributed by atoms with Gasteiger partial charge >= 0.3 is 16.4 Å². The molecule has 37 heavy (non-hydrogen) atoms. The van der Waals surface area contributed by atoms with Crippen LogP contribution in [0.15, 0.2) is 12.2 Å². The van der Waals surface area contributed by atoms with Gasteiger partial charge in [0.1, 0.15) is 0 Å². The van der Waals surface area contributed by atoms with Gasteiger partial charge in [-0.3, -0.25) is 23.8 Å². The van der Waals surface area contributed by atoms with Crippen molar-refractivity contribution >= 4 is 28.2 Å². The number of hydrogen-bond donors (Lipinski definition) is 2. The maximum absolute atomic E-state index is 13.2. The summed E-state index contributed by atoms with van der Waals surface area (Å²) in [7, 11) is -4.66. The number of hydrogen-bond acceptors (Lipinski definition) is 6. The summed E-state index contributed by atoms with van der Waals surface area (Å²) in [5, 5.41) is 9.29. The van der Waals surface area contributed by atoms with E-state index in [1.54, 1.807) is 0 Å². The van der Waals surface area contributed by atoms with Gasteiger partial charge in [0.2, 0.25) is 11.8 Å². The molecule has 2 N–H and O–H groups in total. The number of carboxylic acids is 1. The SMILES string of the molecule is CC(C)CC(C)CC/C=C\C(CC(C)(C)CC(C)(C)CC(=O)O)C1CC(=O)N(CCOS(=O)(=O)O)C1=O. The zero-order valence-electron chi connectivity index (χ0n) is 23.5. The molecule has 0 saturated carbocycles. The molecule has 0 aromatic heterocycles. The molecule has 0 aliphatic carbocycles. The Kier molecular flexibility index (Phi) is 12.4. The van der Waals surface area contributed by atoms with E-state index < -0.39 is 40.2 Å². The first kappa shape index (κ1) is 33.2. The van der Waals surface area contributed by atoms with Gasteiger partial charge in [-0.1, -0.05) is 60.6 Å². The molecule has 1 heterocycles. The smallest absolute Gasteiger partial charge is 0.397 e. The van der Waals surface area contributed by atoms with E-state index >= 15 is 0 Å². The topological polar surface area (TPSA) is 138 Å². The fraction of sp³-hybridized carbons (Fsp3) is 0.815. The molecule has 3 unspecified atom stereocenters. The van der Waals surface area contributed by atoms with Crippen LogP contribution < -0.4 is 0 Å². The van der Waals surface area contributed by atoms with Crippen LogP contribution in [0.1, 0.15) is 93.4 Å². The maximum Gasteiger partial charge on any atom is 0.397 e. The van der Waals surface area contributed by atoms with Crippen molar-refractivity contribution in [1.82, 2.24) is 4.90 Å². The van der Waals surface area contributed by atoms with Crippen LogP contribution in [0.25, 0.3) is 0 Å². The molecular weight excluding hydrogens is 498 g/mol. The third-order valence-corrected chi connectivity index (χ3v) is 7.27. The lowest BCUT2D eigenvalue weighted by atomic mass is 9.68. The number of likely N-dealkylation sites (tertiary alicyclic amines) is 1. The second kappa shape index (κ2) is 13.8. The zero-order valence-corrected chi connectivity index (χ0v) is 24.3. The summed E-state index contributed by atoms with van der Waals surface area (Å²) < 4.78 is 34.7. The average molecular weight is 546 g/mol. The molecule has 1 fully saturated rings. The second-order valence-electron chi connectivity index (χ2n) is 12.6. The molecule has 1 rings (SSSR count). The van der Waals surface area contributed by atoms with Crippen molar-refractivity contribution in [2.24, 2.45) is 34.5 Å². The highest BCUT2D eigenvalue weighted by Crippen LogP contribution is 2.43. The number of amides is 2. The van der Waals surface area contributed by atoms with Crippen molar-refractivity contribution in [3.63, 3.8) is 0 Å². The van der Waals surface area contributed by atoms with Crippen LogP contribution >= 0.6 is 0 Å². The summed E-state index contributed by atoms with van der Waals surface area (Å²) in [5.41, 5.74) is -0.742. The van der Waals surface area contributed by atoms with E-state index in [0.717, 1.165) is 24.2 Å². The summed E-state index contributed by atoms with van der Waals surface area (Å²) in [6.45, 7) is 13.8. The Balaban J connectivity index is 3.05. The molecule has 0 aromatic rings. The molecule has 2 amide bonds. The van der Waals surface area contributed by atoms with Crippen LogP contribution in [-0.2, 0) is 29.0 Å². The Bertz CT molecular complexity index is 923. The van der Waals surface area contributed by atoms with Gasteiger partial charge in [0.25, 0.3) is 0 Å². The predicted octanol–water partition coefficient (Wildman–Crippen LogP) is 5.12. The molecule has 1 aliphatic rings. The lowest BCUT2D eigenvalue weighted by Gasteiger charge is -2.37. The molecule has 0 radical (unpaired) electrons. The average Bonchev–Trinajstić information content (AvgIpc) is 2.95. The third-order valence-electron chi connectivity index (χ3n) is 6.80. The lowest BCUT2D eigenvalue weighted by Crippen LogP contribution is -2.36. The number of carbonyl (C=O) groups excluding carboxylic acids is 2. The Morgan fingerprint density at radius 3 is 2.32 bits per heavy atom. The minimum absolute atomic E-state index is 0.0120. The molecule has 9 nitrogen and oxygen atoms in total. The van der Waals surface area contributed by atoms with Crippen molar-refractivity contribution in [3.8, 4) is 0 Å². The van der Waals surface area contributed by atoms with Gasteiger partial charge in [-0.05, 0) is 60.7 Å². The summed E-state index contributed by atoms with van der Waals surface area (Å²) >= 11 is 0. The summed E-state index contributed by atoms with van der Waals surface area (Å²) in [5.74, 6) is -1.27. The summed E-state index contributed by atoms with van der Waals surface area (Å²) in [6, 6.07) is 0. The van der Waals surface area contributed by atoms with Crippen molar-refractivity contribution in [2.75, 3.05) is 13.2 Å². The van der Waals surface area contributed by atoms with Crippen LogP contribution in [0.3, 0.4) is 0 Å². The number of rotatable bonds is 17. The van der Waals surface area contributed by atoms with Gasteiger partial charge in [-0.15, -0.1) is 0 Å². The Morgan fingerprint density at radius 2 is 1.78 bits per heavy atom. The number of nitrogens with zero attached hydrogens (tertiary/aromatic N) is 1. The number of carboxylic acid groups (broad SMARTS) is 1. The first-order valence-corrected chi connectivity index (χ1v) is 14.5. The van der Waals surface area contributed by atoms with Gasteiger partial charge in [-0.2, -0.15) is 8.42 Å². The monoisotopic (exact) mass is 545 g/mol. The first-order chi connectivity index (χ1) is 16.8. The van der Waals surface area contributed by atoms with Crippen LogP contribution in [0.5, 0.6) is 0 Å². The molecule has 3 atom stereocenters. The molecule has 214 valence electrons. The van der Waals surface area contributed by atoms with Crippen LogP contribution in [-0.4, -0.2) is 53.9 Å². The van der Waals surface area contributed by atoms with E-state index in [9.17, 15) is 27.9 Å². The number of carbonyl (C=O) groups is 3. The minimum Gasteiger partial charge on any atom is -0.481 e. The van der Waals surface area contributed by atoms with Crippen LogP contribution in [0, 0.1) is 34.5 Å². The normalized spacial score (nSPS) is 19.3. The first-order valence-electron chi connectivity index (χ1n) is 13.2. The van der Waals surface area contributed by atoms with E-state index in [0.29, 0.717) is 24.7 Å². The van der Waals surface area contributed by atoms with Crippen molar-refractivity contribution in [3.05, 3.63) is 12.2 Å². The molecule has 1 saturated heterocycles. The van der Waals surface area contributed by atoms with E-state index in [2.05, 4.69) is 44.9 Å². The Labute approximate surface area is 223 Å². The molecule has 0 aromatic carbocycles. The quantitative estimate of drug-likeness (QED) is 0.146. The standard InChI is InChI=1S/C27H47NO8S/c1-19(2)14-20(3)10-8-9-11-21(16-26(4,5)18-27(6,7)17-24(30)31)22-15-23(29)28(25(22)32)12-13-36-37(33,34)35/h9,11,19-22H,8,10,12-18H2,1-7H3,(H,30,31)(H,33,34,35)/b11-9-. The second-order valence-corrected chi connectivity index (χ2v) is 13.7. The fourth-order valence-electron chi connectivity index (χ4n) is 5.91. The minimum atomic E-state index is -4.66. The van der Waals surface area contributed by atoms with E-state index in [1.807, 2.05) is 19.9 Å². The molecule has 0 spiro atoms. The van der Waals surface area contributed by atoms with Crippen LogP contribution in [0.4, 0.5) is 0 Å². The lowest BCUT2D eigenvalue weighted by molar-refractivity contribution is -0.141. The Hall–Kier alpha value is -1.78. The number of aliphatic carboxylic acids is 1. The highest BCUT2D eigenvalue weighted by molar-refractivity contribution is 7.80. The highest BCUT2D eigenvalue weighted by atomic mass is 32.3. The van der Waals surface area contributed by atoms with Crippen molar-refractivity contribution in [2.45, 2.75) is 93.4 Å². The predicted molar refractivity (Wildman–Crippen MR) is 142 cm³/mol. The third kappa shape index (κ3) is 13.0. The van der Waals surface area contributed by atoms with Crippen molar-refractivity contribution in [1.29, 1.82) is 0 Å². The molecule has 1 aliphatic heterocycles. The van der Waals surface area contributed by atoms with Gasteiger partial charge in [0.15, 0.2) is 0 Å². The van der Waals surface area contributed by atoms with Gasteiger partial charge in [-0.25, -0.2) is 4.18 Å². The van der Waals surface area contributed by atoms with Crippen molar-refractivity contribution < 1.29 is 36.6 Å². The largest absolute Gasteiger partial charge is 0.481 e. The van der Waals surface area contributed by atoms with E-state index in [-0.39, 0.29) is 36.6 Å².